The van der Waals surface area contributed by atoms with Crippen molar-refractivity contribution in [1.82, 2.24) is 0 Å². The van der Waals surface area contributed by atoms with E-state index in [0.29, 0.717) is 12.5 Å². The molecular formula is C17H33NO. The molecule has 2 rings (SSSR count). The van der Waals surface area contributed by atoms with Crippen molar-refractivity contribution in [2.24, 2.45) is 17.1 Å². The Morgan fingerprint density at radius 3 is 2.21 bits per heavy atom. The predicted molar refractivity (Wildman–Crippen MR) is 81.0 cm³/mol. The highest BCUT2D eigenvalue weighted by molar-refractivity contribution is 5.02. The third kappa shape index (κ3) is 3.16. The van der Waals surface area contributed by atoms with Crippen molar-refractivity contribution >= 4 is 0 Å². The second-order valence-electron chi connectivity index (χ2n) is 7.15. The van der Waals surface area contributed by atoms with E-state index in [9.17, 15) is 5.11 Å². The molecule has 0 aliphatic heterocycles. The Morgan fingerprint density at radius 2 is 1.63 bits per heavy atom. The van der Waals surface area contributed by atoms with E-state index in [2.05, 4.69) is 6.92 Å². The summed E-state index contributed by atoms with van der Waals surface area (Å²) in [7, 11) is 0. The van der Waals surface area contributed by atoms with Crippen LogP contribution in [0.1, 0.15) is 84.0 Å². The summed E-state index contributed by atoms with van der Waals surface area (Å²) < 4.78 is 0. The number of aliphatic hydroxyl groups is 1. The molecule has 0 amide bonds. The number of nitrogens with two attached hydrogens (primary N) is 1. The van der Waals surface area contributed by atoms with Crippen molar-refractivity contribution in [2.45, 2.75) is 89.6 Å². The predicted octanol–water partition coefficient (Wildman–Crippen LogP) is 4.01. The summed E-state index contributed by atoms with van der Waals surface area (Å²) in [5.74, 6) is 0.715. The fourth-order valence-electron chi connectivity index (χ4n) is 4.64. The van der Waals surface area contributed by atoms with Gasteiger partial charge in [-0.25, -0.2) is 0 Å². The average molecular weight is 267 g/mol. The van der Waals surface area contributed by atoms with Gasteiger partial charge in [0.25, 0.3) is 0 Å². The monoisotopic (exact) mass is 267 g/mol. The molecule has 19 heavy (non-hydrogen) atoms. The summed E-state index contributed by atoms with van der Waals surface area (Å²) in [6, 6.07) is 0. The topological polar surface area (TPSA) is 46.2 Å². The Morgan fingerprint density at radius 1 is 1.00 bits per heavy atom. The smallest absolute Gasteiger partial charge is 0.0718 e. The van der Waals surface area contributed by atoms with Crippen molar-refractivity contribution in [3.05, 3.63) is 0 Å². The highest BCUT2D eigenvalue weighted by atomic mass is 16.3. The van der Waals surface area contributed by atoms with Gasteiger partial charge in [-0.2, -0.15) is 0 Å². The molecule has 0 aromatic rings. The molecule has 0 aromatic carbocycles. The van der Waals surface area contributed by atoms with Crippen molar-refractivity contribution < 1.29 is 5.11 Å². The van der Waals surface area contributed by atoms with Gasteiger partial charge in [0.05, 0.1) is 5.60 Å². The molecule has 2 unspecified atom stereocenters. The van der Waals surface area contributed by atoms with Crippen LogP contribution in [0.2, 0.25) is 0 Å². The molecule has 2 aliphatic carbocycles. The highest BCUT2D eigenvalue weighted by Gasteiger charge is 2.50. The Bertz CT molecular complexity index is 270. The summed E-state index contributed by atoms with van der Waals surface area (Å²) in [6.45, 7) is 2.95. The standard InChI is InChI=1S/C17H33NO/c1-2-15-9-8-12-17(19,13-15)16(14-18)10-6-4-3-5-7-11-16/h15,19H,2-14,18H2,1H3. The van der Waals surface area contributed by atoms with Crippen molar-refractivity contribution in [1.29, 1.82) is 0 Å². The van der Waals surface area contributed by atoms with Crippen LogP contribution in [-0.2, 0) is 0 Å². The third-order valence-corrected chi connectivity index (χ3v) is 6.10. The van der Waals surface area contributed by atoms with Crippen LogP contribution in [0.5, 0.6) is 0 Å². The van der Waals surface area contributed by atoms with E-state index in [-0.39, 0.29) is 5.41 Å². The Kier molecular flexibility index (Phi) is 5.30. The van der Waals surface area contributed by atoms with E-state index >= 15 is 0 Å². The molecule has 2 aliphatic rings. The summed E-state index contributed by atoms with van der Waals surface area (Å²) in [6.07, 6.45) is 14.5. The molecule has 2 atom stereocenters. The number of hydrogen-bond acceptors (Lipinski definition) is 2. The van der Waals surface area contributed by atoms with E-state index in [1.54, 1.807) is 0 Å². The minimum Gasteiger partial charge on any atom is -0.389 e. The first-order chi connectivity index (χ1) is 9.16. The maximum Gasteiger partial charge on any atom is 0.0718 e. The lowest BCUT2D eigenvalue weighted by Gasteiger charge is -2.52. The second kappa shape index (κ2) is 6.58. The first-order valence-corrected chi connectivity index (χ1v) is 8.58. The SMILES string of the molecule is CCC1CCCC(O)(C2(CN)CCCCCCC2)C1. The first-order valence-electron chi connectivity index (χ1n) is 8.58. The second-order valence-corrected chi connectivity index (χ2v) is 7.15. The van der Waals surface area contributed by atoms with E-state index < -0.39 is 5.60 Å². The van der Waals surface area contributed by atoms with Crippen molar-refractivity contribution in [3.8, 4) is 0 Å². The molecule has 2 fully saturated rings. The Hall–Kier alpha value is -0.0800. The lowest BCUT2D eigenvalue weighted by Crippen LogP contribution is -2.55. The largest absolute Gasteiger partial charge is 0.389 e. The zero-order chi connectivity index (χ0) is 13.8. The van der Waals surface area contributed by atoms with Gasteiger partial charge in [0.2, 0.25) is 0 Å². The molecule has 2 heteroatoms. The average Bonchev–Trinajstić information content (AvgIpc) is 2.39. The normalized spacial score (nSPS) is 36.5. The molecule has 0 spiro atoms. The van der Waals surface area contributed by atoms with Gasteiger partial charge in [-0.05, 0) is 31.6 Å². The fourth-order valence-corrected chi connectivity index (χ4v) is 4.64. The van der Waals surface area contributed by atoms with Crippen LogP contribution in [0, 0.1) is 11.3 Å². The van der Waals surface area contributed by atoms with Crippen LogP contribution in [0.25, 0.3) is 0 Å². The van der Waals surface area contributed by atoms with Crippen molar-refractivity contribution in [3.63, 3.8) is 0 Å². The maximum atomic E-state index is 11.4. The van der Waals surface area contributed by atoms with Crippen LogP contribution in [0.15, 0.2) is 0 Å². The Balaban J connectivity index is 2.16. The molecule has 112 valence electrons. The van der Waals surface area contributed by atoms with Crippen LogP contribution >= 0.6 is 0 Å². The molecule has 3 N–H and O–H groups in total. The van der Waals surface area contributed by atoms with E-state index in [1.807, 2.05) is 0 Å². The van der Waals surface area contributed by atoms with Gasteiger partial charge >= 0.3 is 0 Å². The van der Waals surface area contributed by atoms with E-state index in [0.717, 1.165) is 25.7 Å². The molecule has 2 saturated carbocycles. The molecule has 0 heterocycles. The molecule has 0 aromatic heterocycles. The summed E-state index contributed by atoms with van der Waals surface area (Å²) in [5.41, 5.74) is 5.74. The van der Waals surface area contributed by atoms with Gasteiger partial charge < -0.3 is 10.8 Å². The van der Waals surface area contributed by atoms with Gasteiger partial charge in [0.1, 0.15) is 0 Å². The van der Waals surface area contributed by atoms with Crippen molar-refractivity contribution in [2.75, 3.05) is 6.54 Å². The zero-order valence-corrected chi connectivity index (χ0v) is 12.8. The minimum absolute atomic E-state index is 0.0151. The maximum absolute atomic E-state index is 11.4. The van der Waals surface area contributed by atoms with Crippen LogP contribution < -0.4 is 5.73 Å². The third-order valence-electron chi connectivity index (χ3n) is 6.10. The number of hydrogen-bond donors (Lipinski definition) is 2. The highest BCUT2D eigenvalue weighted by Crippen LogP contribution is 2.50. The molecule has 0 radical (unpaired) electrons. The van der Waals surface area contributed by atoms with Crippen LogP contribution in [0.4, 0.5) is 0 Å². The summed E-state index contributed by atoms with van der Waals surface area (Å²) in [4.78, 5) is 0. The zero-order valence-electron chi connectivity index (χ0n) is 12.8. The molecule has 0 bridgehead atoms. The lowest BCUT2D eigenvalue weighted by atomic mass is 9.58. The van der Waals surface area contributed by atoms with Crippen LogP contribution in [0.3, 0.4) is 0 Å². The van der Waals surface area contributed by atoms with Gasteiger partial charge in [-0.15, -0.1) is 0 Å². The van der Waals surface area contributed by atoms with Gasteiger partial charge in [-0.3, -0.25) is 0 Å². The lowest BCUT2D eigenvalue weighted by molar-refractivity contribution is -0.129. The minimum atomic E-state index is -0.474. The van der Waals surface area contributed by atoms with E-state index in [1.165, 1.54) is 51.4 Å². The Labute approximate surface area is 119 Å². The first kappa shape index (κ1) is 15.3. The van der Waals surface area contributed by atoms with Gasteiger partial charge in [0, 0.05) is 12.0 Å². The quantitative estimate of drug-likeness (QED) is 0.811. The number of rotatable bonds is 3. The van der Waals surface area contributed by atoms with Gasteiger partial charge in [-0.1, -0.05) is 58.3 Å². The summed E-state index contributed by atoms with van der Waals surface area (Å²) >= 11 is 0. The molecule has 0 saturated heterocycles. The van der Waals surface area contributed by atoms with Gasteiger partial charge in [0.15, 0.2) is 0 Å². The molecular weight excluding hydrogens is 234 g/mol. The van der Waals surface area contributed by atoms with Crippen LogP contribution in [-0.4, -0.2) is 17.3 Å². The summed E-state index contributed by atoms with van der Waals surface area (Å²) in [5, 5.41) is 11.4. The van der Waals surface area contributed by atoms with E-state index in [4.69, 9.17) is 5.73 Å². The molecule has 2 nitrogen and oxygen atoms in total. The fraction of sp³-hybridized carbons (Fsp3) is 1.00.